The van der Waals surface area contributed by atoms with Crippen LogP contribution in [-0.4, -0.2) is 21.3 Å². The van der Waals surface area contributed by atoms with Gasteiger partial charge in [0.25, 0.3) is 0 Å². The Labute approximate surface area is 84.8 Å². The van der Waals surface area contributed by atoms with E-state index in [1.807, 2.05) is 37.3 Å². The zero-order valence-electron chi connectivity index (χ0n) is 7.53. The van der Waals surface area contributed by atoms with E-state index in [1.165, 1.54) is 0 Å². The van der Waals surface area contributed by atoms with E-state index in [9.17, 15) is 4.79 Å². The normalized spacial score (nSPS) is 9.62. The fraction of sp³-hybridized carbons (Fsp3) is 0.300. The van der Waals surface area contributed by atoms with Crippen LogP contribution in [0, 0.1) is 0 Å². The van der Waals surface area contributed by atoms with Gasteiger partial charge in [-0.25, -0.2) is 0 Å². The summed E-state index contributed by atoms with van der Waals surface area (Å²) in [5.74, 6) is -0.0913. The topological polar surface area (TPSA) is 26.3 Å². The Morgan fingerprint density at radius 3 is 2.69 bits per heavy atom. The Hall–Kier alpha value is -0.791. The van der Waals surface area contributed by atoms with Crippen molar-refractivity contribution in [2.75, 3.05) is 0 Å². The van der Waals surface area contributed by atoms with Crippen LogP contribution in [-0.2, 0) is 8.61 Å². The molecule has 0 saturated heterocycles. The van der Waals surface area contributed by atoms with Gasteiger partial charge in [-0.1, -0.05) is 0 Å². The van der Waals surface area contributed by atoms with Gasteiger partial charge < -0.3 is 0 Å². The van der Waals surface area contributed by atoms with E-state index in [4.69, 9.17) is 3.82 Å². The summed E-state index contributed by atoms with van der Waals surface area (Å²) in [5.41, 5.74) is 0. The molecule has 0 saturated carbocycles. The molecule has 0 spiro atoms. The minimum atomic E-state index is -0.159. The van der Waals surface area contributed by atoms with Gasteiger partial charge in [-0.05, 0) is 0 Å². The molecule has 0 bridgehead atoms. The fourth-order valence-electron chi connectivity index (χ4n) is 0.816. The van der Waals surface area contributed by atoms with E-state index in [0.29, 0.717) is 6.42 Å². The summed E-state index contributed by atoms with van der Waals surface area (Å²) in [5, 5.41) is 0. The molecule has 0 unspecified atom stereocenters. The number of hydrogen-bond acceptors (Lipinski definition) is 2. The third-order valence-electron chi connectivity index (χ3n) is 1.43. The number of rotatable bonds is 4. The molecule has 0 radical (unpaired) electrons. The maximum atomic E-state index is 11.0. The van der Waals surface area contributed by atoms with Gasteiger partial charge in [0.2, 0.25) is 0 Å². The summed E-state index contributed by atoms with van der Waals surface area (Å²) in [7, 11) is 0. The number of hydrogen-bond donors (Lipinski definition) is 0. The van der Waals surface area contributed by atoms with Crippen molar-refractivity contribution >= 4 is 25.7 Å². The van der Waals surface area contributed by atoms with Crippen LogP contribution in [0.5, 0.6) is 0 Å². The molecule has 0 aliphatic carbocycles. The average Bonchev–Trinajstić information content (AvgIpc) is 2.17. The summed E-state index contributed by atoms with van der Waals surface area (Å²) < 4.78 is 6.19. The van der Waals surface area contributed by atoms with Gasteiger partial charge in [0, 0.05) is 0 Å². The van der Waals surface area contributed by atoms with Crippen molar-refractivity contribution in [1.29, 1.82) is 0 Å². The molecule has 0 aliphatic rings. The second-order valence-electron chi connectivity index (χ2n) is 2.60. The second kappa shape index (κ2) is 5.79. The van der Waals surface area contributed by atoms with Crippen LogP contribution in [0.2, 0.25) is 0 Å². The molecule has 0 aromatic heterocycles. The summed E-state index contributed by atoms with van der Waals surface area (Å²) >= 11 is -0.159. The zero-order chi connectivity index (χ0) is 9.52. The number of benzene rings is 1. The Bertz CT molecular complexity index is 259. The average molecular weight is 243 g/mol. The third kappa shape index (κ3) is 4.11. The fourth-order valence-corrected chi connectivity index (χ4v) is 1.95. The first kappa shape index (κ1) is 10.3. The maximum absolute atomic E-state index is 11.0. The van der Waals surface area contributed by atoms with Crippen molar-refractivity contribution in [3.63, 3.8) is 0 Å². The second-order valence-corrected chi connectivity index (χ2v) is 4.29. The minimum absolute atomic E-state index is 0.0913. The number of carbonyl (C=O) groups is 1. The van der Waals surface area contributed by atoms with Gasteiger partial charge >= 0.3 is 84.4 Å². The van der Waals surface area contributed by atoms with Crippen LogP contribution in [0.15, 0.2) is 30.3 Å². The standard InChI is InChI=1S/C10H12O2Se/c1-2-6-10(11)12-13-9-7-4-3-5-8-9/h3-5,7-8H,2,6H2,1H3. The molecule has 3 heteroatoms. The molecule has 0 amide bonds. The molecule has 0 fully saturated rings. The van der Waals surface area contributed by atoms with Crippen molar-refractivity contribution in [2.24, 2.45) is 0 Å². The molecule has 0 atom stereocenters. The Morgan fingerprint density at radius 1 is 1.38 bits per heavy atom. The molecule has 0 heterocycles. The number of carbonyl (C=O) groups excluding carboxylic acids is 1. The summed E-state index contributed by atoms with van der Waals surface area (Å²) in [6.07, 6.45) is 1.37. The first-order valence-corrected chi connectivity index (χ1v) is 5.81. The van der Waals surface area contributed by atoms with Crippen LogP contribution >= 0.6 is 0 Å². The predicted octanol–water partition coefficient (Wildman–Crippen LogP) is 1.27. The predicted molar refractivity (Wildman–Crippen MR) is 52.8 cm³/mol. The van der Waals surface area contributed by atoms with Gasteiger partial charge in [0.15, 0.2) is 0 Å². The zero-order valence-corrected chi connectivity index (χ0v) is 9.24. The monoisotopic (exact) mass is 244 g/mol. The Balaban J connectivity index is 2.31. The SMILES string of the molecule is CCCC(=O)O[Se]c1ccccc1. The third-order valence-corrected chi connectivity index (χ3v) is 2.97. The molecule has 2 nitrogen and oxygen atoms in total. The van der Waals surface area contributed by atoms with E-state index in [1.54, 1.807) is 0 Å². The van der Waals surface area contributed by atoms with Gasteiger partial charge in [0.1, 0.15) is 0 Å². The molecule has 0 aliphatic heterocycles. The summed E-state index contributed by atoms with van der Waals surface area (Å²) in [4.78, 5) is 11.0. The molecule has 0 N–H and O–H groups in total. The molecule has 1 aromatic carbocycles. The van der Waals surface area contributed by atoms with Crippen LogP contribution in [0.25, 0.3) is 0 Å². The van der Waals surface area contributed by atoms with Crippen LogP contribution in [0.1, 0.15) is 19.8 Å². The van der Waals surface area contributed by atoms with Crippen LogP contribution < -0.4 is 4.46 Å². The van der Waals surface area contributed by atoms with Gasteiger partial charge in [-0.15, -0.1) is 0 Å². The molecule has 70 valence electrons. The van der Waals surface area contributed by atoms with Crippen molar-refractivity contribution in [3.8, 4) is 0 Å². The van der Waals surface area contributed by atoms with E-state index < -0.39 is 0 Å². The van der Waals surface area contributed by atoms with Crippen molar-refractivity contribution in [1.82, 2.24) is 0 Å². The van der Waals surface area contributed by atoms with Crippen molar-refractivity contribution < 1.29 is 8.61 Å². The first-order chi connectivity index (χ1) is 6.33. The molecular weight excluding hydrogens is 231 g/mol. The molecular formula is C10H12O2Se. The van der Waals surface area contributed by atoms with E-state index >= 15 is 0 Å². The molecule has 1 aromatic rings. The Morgan fingerprint density at radius 2 is 2.08 bits per heavy atom. The molecule has 1 rings (SSSR count). The first-order valence-electron chi connectivity index (χ1n) is 4.25. The van der Waals surface area contributed by atoms with Crippen LogP contribution in [0.4, 0.5) is 0 Å². The summed E-state index contributed by atoms with van der Waals surface area (Å²) in [6.45, 7) is 1.97. The van der Waals surface area contributed by atoms with Gasteiger partial charge in [-0.2, -0.15) is 0 Å². The van der Waals surface area contributed by atoms with Crippen LogP contribution in [0.3, 0.4) is 0 Å². The van der Waals surface area contributed by atoms with E-state index in [-0.39, 0.29) is 21.3 Å². The van der Waals surface area contributed by atoms with Gasteiger partial charge in [0.05, 0.1) is 0 Å². The Kier molecular flexibility index (Phi) is 4.58. The van der Waals surface area contributed by atoms with Gasteiger partial charge in [-0.3, -0.25) is 0 Å². The summed E-state index contributed by atoms with van der Waals surface area (Å²) in [6, 6.07) is 9.79. The van der Waals surface area contributed by atoms with E-state index in [0.717, 1.165) is 10.9 Å². The molecule has 13 heavy (non-hydrogen) atoms. The van der Waals surface area contributed by atoms with Crippen molar-refractivity contribution in [2.45, 2.75) is 19.8 Å². The quantitative estimate of drug-likeness (QED) is 0.744. The van der Waals surface area contributed by atoms with E-state index in [2.05, 4.69) is 0 Å². The van der Waals surface area contributed by atoms with Crippen molar-refractivity contribution in [3.05, 3.63) is 30.3 Å².